The molecule has 0 unspecified atom stereocenters. The Labute approximate surface area is 140 Å². The van der Waals surface area contributed by atoms with Crippen LogP contribution in [-0.4, -0.2) is 22.3 Å². The lowest BCUT2D eigenvalue weighted by atomic mass is 9.48. The lowest BCUT2D eigenvalue weighted by molar-refractivity contribution is -0.159. The first-order valence-corrected chi connectivity index (χ1v) is 9.35. The van der Waals surface area contributed by atoms with Crippen molar-refractivity contribution in [1.29, 1.82) is 0 Å². The number of aliphatic hydroxyl groups is 1. The summed E-state index contributed by atoms with van der Waals surface area (Å²) in [4.78, 5) is 12.0. The molecule has 0 radical (unpaired) electrons. The van der Waals surface area contributed by atoms with Gasteiger partial charge in [0.1, 0.15) is 0 Å². The zero-order valence-corrected chi connectivity index (χ0v) is 15.1. The Balaban J connectivity index is 2.01. The van der Waals surface area contributed by atoms with Crippen LogP contribution in [0, 0.1) is 28.6 Å². The summed E-state index contributed by atoms with van der Waals surface area (Å²) in [6.45, 7) is 8.65. The third kappa shape index (κ3) is 2.38. The van der Waals surface area contributed by atoms with E-state index in [1.165, 1.54) is 11.1 Å². The largest absolute Gasteiger partial charge is 0.481 e. The molecule has 1 fully saturated rings. The van der Waals surface area contributed by atoms with Gasteiger partial charge in [-0.25, -0.2) is 0 Å². The summed E-state index contributed by atoms with van der Waals surface area (Å²) in [6.07, 6.45) is 6.45. The molecule has 3 heteroatoms. The Kier molecular flexibility index (Phi) is 4.15. The van der Waals surface area contributed by atoms with Crippen LogP contribution in [-0.2, 0) is 4.79 Å². The van der Waals surface area contributed by atoms with Crippen molar-refractivity contribution in [3.8, 4) is 0 Å². The summed E-state index contributed by atoms with van der Waals surface area (Å²) in [5, 5.41) is 20.8. The van der Waals surface area contributed by atoms with Crippen molar-refractivity contribution >= 4 is 5.97 Å². The molecule has 0 aromatic heterocycles. The average molecular weight is 320 g/mol. The van der Waals surface area contributed by atoms with Gasteiger partial charge in [-0.05, 0) is 74.2 Å². The van der Waals surface area contributed by atoms with Gasteiger partial charge < -0.3 is 10.2 Å². The first-order chi connectivity index (χ1) is 10.7. The van der Waals surface area contributed by atoms with Crippen molar-refractivity contribution < 1.29 is 15.0 Å². The highest BCUT2D eigenvalue weighted by atomic mass is 16.4. The SMILES string of the molecule is CC(C)[C@@H]1CCC2=C(CC[C@H]3[C@](C)(C(=O)O)CCC[C@]23C)[C@@H]1O. The standard InChI is InChI=1S/C20H32O3/c1-12(2)13-6-8-15-14(17(13)21)7-9-16-19(15,3)10-5-11-20(16,4)18(22)23/h12-13,16-17,21H,5-11H2,1-4H3,(H,22,23)/t13-,16+,17+,19+,20+/m0/s1. The van der Waals surface area contributed by atoms with Crippen LogP contribution < -0.4 is 0 Å². The monoisotopic (exact) mass is 320 g/mol. The fourth-order valence-corrected chi connectivity index (χ4v) is 6.14. The van der Waals surface area contributed by atoms with Crippen LogP contribution in [0.1, 0.15) is 72.6 Å². The number of hydrogen-bond acceptors (Lipinski definition) is 2. The zero-order valence-electron chi connectivity index (χ0n) is 15.1. The third-order valence-electron chi connectivity index (χ3n) is 7.54. The molecule has 3 aliphatic rings. The molecule has 0 amide bonds. The Bertz CT molecular complexity index is 535. The summed E-state index contributed by atoms with van der Waals surface area (Å²) in [7, 11) is 0. The summed E-state index contributed by atoms with van der Waals surface area (Å²) >= 11 is 0. The number of fused-ring (bicyclic) bond motifs is 2. The molecular formula is C20H32O3. The predicted octanol–water partition coefficient (Wildman–Crippen LogP) is 4.40. The van der Waals surface area contributed by atoms with Crippen LogP contribution in [0.5, 0.6) is 0 Å². The van der Waals surface area contributed by atoms with E-state index < -0.39 is 11.4 Å². The van der Waals surface area contributed by atoms with Crippen LogP contribution in [0.25, 0.3) is 0 Å². The second kappa shape index (κ2) is 5.61. The molecule has 1 saturated carbocycles. The first kappa shape index (κ1) is 17.0. The number of hydrogen-bond donors (Lipinski definition) is 2. The third-order valence-corrected chi connectivity index (χ3v) is 7.54. The summed E-state index contributed by atoms with van der Waals surface area (Å²) < 4.78 is 0. The summed E-state index contributed by atoms with van der Waals surface area (Å²) in [5.74, 6) is 0.445. The van der Waals surface area contributed by atoms with Gasteiger partial charge in [-0.3, -0.25) is 4.79 Å². The van der Waals surface area contributed by atoms with Gasteiger partial charge in [0.15, 0.2) is 0 Å². The van der Waals surface area contributed by atoms with Crippen molar-refractivity contribution in [3.63, 3.8) is 0 Å². The van der Waals surface area contributed by atoms with E-state index in [1.54, 1.807) is 0 Å². The van der Waals surface area contributed by atoms with E-state index in [0.29, 0.717) is 11.8 Å². The number of aliphatic hydroxyl groups excluding tert-OH is 1. The Hall–Kier alpha value is -0.830. The van der Waals surface area contributed by atoms with Crippen LogP contribution >= 0.6 is 0 Å². The minimum Gasteiger partial charge on any atom is -0.481 e. The Morgan fingerprint density at radius 2 is 1.87 bits per heavy atom. The quantitative estimate of drug-likeness (QED) is 0.741. The van der Waals surface area contributed by atoms with Gasteiger partial charge in [-0.1, -0.05) is 32.8 Å². The van der Waals surface area contributed by atoms with Gasteiger partial charge in [0, 0.05) is 0 Å². The lowest BCUT2D eigenvalue weighted by Gasteiger charge is -2.56. The number of carbonyl (C=O) groups is 1. The van der Waals surface area contributed by atoms with Crippen LogP contribution in [0.15, 0.2) is 11.1 Å². The molecule has 0 bridgehead atoms. The summed E-state index contributed by atoms with van der Waals surface area (Å²) in [5.41, 5.74) is 2.06. The van der Waals surface area contributed by atoms with Gasteiger partial charge in [-0.15, -0.1) is 0 Å². The number of aliphatic carboxylic acids is 1. The molecular weight excluding hydrogens is 288 g/mol. The number of rotatable bonds is 2. The van der Waals surface area contributed by atoms with E-state index in [1.807, 2.05) is 6.92 Å². The topological polar surface area (TPSA) is 57.5 Å². The van der Waals surface area contributed by atoms with Crippen molar-refractivity contribution in [2.24, 2.45) is 28.6 Å². The smallest absolute Gasteiger partial charge is 0.309 e. The highest BCUT2D eigenvalue weighted by Crippen LogP contribution is 2.62. The molecule has 0 heterocycles. The van der Waals surface area contributed by atoms with Crippen molar-refractivity contribution in [1.82, 2.24) is 0 Å². The normalized spacial score (nSPS) is 44.0. The fourth-order valence-electron chi connectivity index (χ4n) is 6.14. The van der Waals surface area contributed by atoms with Gasteiger partial charge in [0.25, 0.3) is 0 Å². The molecule has 0 aromatic carbocycles. The lowest BCUT2D eigenvalue weighted by Crippen LogP contribution is -2.52. The molecule has 2 N–H and O–H groups in total. The molecule has 0 spiro atoms. The predicted molar refractivity (Wildman–Crippen MR) is 91.0 cm³/mol. The van der Waals surface area contributed by atoms with Crippen molar-refractivity contribution in [2.45, 2.75) is 78.7 Å². The van der Waals surface area contributed by atoms with Crippen molar-refractivity contribution in [3.05, 3.63) is 11.1 Å². The van der Waals surface area contributed by atoms with Crippen LogP contribution in [0.4, 0.5) is 0 Å². The number of carboxylic acid groups (broad SMARTS) is 1. The summed E-state index contributed by atoms with van der Waals surface area (Å²) in [6, 6.07) is 0. The van der Waals surface area contributed by atoms with Gasteiger partial charge in [-0.2, -0.15) is 0 Å². The van der Waals surface area contributed by atoms with E-state index >= 15 is 0 Å². The maximum absolute atomic E-state index is 12.0. The number of carboxylic acids is 1. The zero-order chi connectivity index (χ0) is 17.0. The molecule has 3 rings (SSSR count). The Morgan fingerprint density at radius 1 is 1.17 bits per heavy atom. The van der Waals surface area contributed by atoms with E-state index in [4.69, 9.17) is 0 Å². The van der Waals surface area contributed by atoms with E-state index in [9.17, 15) is 15.0 Å². The molecule has 23 heavy (non-hydrogen) atoms. The minimum absolute atomic E-state index is 0.0259. The van der Waals surface area contributed by atoms with E-state index in [2.05, 4.69) is 20.8 Å². The first-order valence-electron chi connectivity index (χ1n) is 9.35. The van der Waals surface area contributed by atoms with Crippen LogP contribution in [0.3, 0.4) is 0 Å². The van der Waals surface area contributed by atoms with E-state index in [0.717, 1.165) is 44.9 Å². The van der Waals surface area contributed by atoms with Gasteiger partial charge in [0.05, 0.1) is 11.5 Å². The van der Waals surface area contributed by atoms with Gasteiger partial charge in [0.2, 0.25) is 0 Å². The molecule has 3 aliphatic carbocycles. The number of allylic oxidation sites excluding steroid dienone is 1. The molecule has 5 atom stereocenters. The molecule has 0 aromatic rings. The molecule has 130 valence electrons. The highest BCUT2D eigenvalue weighted by Gasteiger charge is 2.57. The van der Waals surface area contributed by atoms with Gasteiger partial charge >= 0.3 is 5.97 Å². The fraction of sp³-hybridized carbons (Fsp3) is 0.850. The Morgan fingerprint density at radius 3 is 2.48 bits per heavy atom. The highest BCUT2D eigenvalue weighted by molar-refractivity contribution is 5.75. The second-order valence-corrected chi connectivity index (χ2v) is 8.98. The maximum atomic E-state index is 12.0. The molecule has 0 saturated heterocycles. The van der Waals surface area contributed by atoms with Crippen molar-refractivity contribution in [2.75, 3.05) is 0 Å². The second-order valence-electron chi connectivity index (χ2n) is 8.98. The maximum Gasteiger partial charge on any atom is 0.309 e. The molecule has 0 aliphatic heterocycles. The minimum atomic E-state index is -0.631. The van der Waals surface area contributed by atoms with Crippen LogP contribution in [0.2, 0.25) is 0 Å². The molecule has 3 nitrogen and oxygen atoms in total. The average Bonchev–Trinajstić information content (AvgIpc) is 2.47. The van der Waals surface area contributed by atoms with E-state index in [-0.39, 0.29) is 17.4 Å².